The van der Waals surface area contributed by atoms with Crippen molar-refractivity contribution in [3.63, 3.8) is 0 Å². The maximum Gasteiger partial charge on any atom is 0.339 e. The minimum absolute atomic E-state index is 0.151. The molecule has 148 valence electrons. The third-order valence-corrected chi connectivity index (χ3v) is 4.39. The van der Waals surface area contributed by atoms with Gasteiger partial charge in [-0.05, 0) is 25.0 Å². The summed E-state index contributed by atoms with van der Waals surface area (Å²) in [5.41, 5.74) is 0.788. The van der Waals surface area contributed by atoms with Gasteiger partial charge in [-0.3, -0.25) is 4.79 Å². The van der Waals surface area contributed by atoms with Gasteiger partial charge in [-0.2, -0.15) is 0 Å². The molecule has 28 heavy (non-hydrogen) atoms. The van der Waals surface area contributed by atoms with Crippen LogP contribution in [-0.2, 0) is 9.53 Å². The first-order chi connectivity index (χ1) is 13.6. The summed E-state index contributed by atoms with van der Waals surface area (Å²) in [6.07, 6.45) is 0.829. The number of esters is 1. The van der Waals surface area contributed by atoms with E-state index >= 15 is 0 Å². The number of hydrogen-bond donors (Lipinski definition) is 1. The lowest BCUT2D eigenvalue weighted by Gasteiger charge is -2.19. The molecular weight excluding hydrogens is 362 g/mol. The van der Waals surface area contributed by atoms with Gasteiger partial charge in [0.25, 0.3) is 5.91 Å². The molecule has 1 amide bonds. The molecule has 3 rings (SSSR count). The van der Waals surface area contributed by atoms with E-state index in [1.54, 1.807) is 24.3 Å². The number of methoxy groups -OCH3 is 3. The molecule has 0 saturated heterocycles. The van der Waals surface area contributed by atoms with Gasteiger partial charge in [0.1, 0.15) is 0 Å². The van der Waals surface area contributed by atoms with Crippen LogP contribution < -0.4 is 19.5 Å². The lowest BCUT2D eigenvalue weighted by atomic mass is 10.1. The third-order valence-electron chi connectivity index (χ3n) is 4.39. The molecule has 0 radical (unpaired) electrons. The van der Waals surface area contributed by atoms with Crippen molar-refractivity contribution in [3.05, 3.63) is 53.6 Å². The van der Waals surface area contributed by atoms with Gasteiger partial charge in [-0.25, -0.2) is 4.79 Å². The molecule has 1 fully saturated rings. The quantitative estimate of drug-likeness (QED) is 0.704. The zero-order valence-electron chi connectivity index (χ0n) is 16.1. The Morgan fingerprint density at radius 2 is 1.57 bits per heavy atom. The van der Waals surface area contributed by atoms with Crippen LogP contribution in [0.15, 0.2) is 42.5 Å². The Balaban J connectivity index is 1.88. The van der Waals surface area contributed by atoms with Gasteiger partial charge in [0.2, 0.25) is 11.9 Å². The maximum atomic E-state index is 12.8. The van der Waals surface area contributed by atoms with E-state index in [0.717, 1.165) is 12.8 Å². The van der Waals surface area contributed by atoms with E-state index in [1.807, 2.05) is 6.07 Å². The van der Waals surface area contributed by atoms with E-state index in [9.17, 15) is 9.59 Å². The van der Waals surface area contributed by atoms with Crippen LogP contribution >= 0.6 is 0 Å². The molecule has 1 N–H and O–H groups in total. The number of amides is 1. The van der Waals surface area contributed by atoms with Gasteiger partial charge in [-0.15, -0.1) is 0 Å². The fourth-order valence-corrected chi connectivity index (χ4v) is 2.78. The smallest absolute Gasteiger partial charge is 0.339 e. The minimum atomic E-state index is -1.05. The average molecular weight is 385 g/mol. The summed E-state index contributed by atoms with van der Waals surface area (Å²) >= 11 is 0. The fourth-order valence-electron chi connectivity index (χ4n) is 2.78. The van der Waals surface area contributed by atoms with Crippen LogP contribution in [0, 0.1) is 0 Å². The topological polar surface area (TPSA) is 83.1 Å². The summed E-state index contributed by atoms with van der Waals surface area (Å²) in [4.78, 5) is 25.5. The van der Waals surface area contributed by atoms with Crippen molar-refractivity contribution in [3.8, 4) is 17.2 Å². The van der Waals surface area contributed by atoms with Gasteiger partial charge in [0.15, 0.2) is 11.5 Å². The van der Waals surface area contributed by atoms with E-state index in [-0.39, 0.29) is 17.5 Å². The molecule has 1 atom stereocenters. The normalized spacial score (nSPS) is 14.0. The molecule has 7 heteroatoms. The summed E-state index contributed by atoms with van der Waals surface area (Å²) in [6.45, 7) is 0. The molecule has 0 aliphatic heterocycles. The number of rotatable bonds is 8. The predicted molar refractivity (Wildman–Crippen MR) is 102 cm³/mol. The second kappa shape index (κ2) is 8.65. The Morgan fingerprint density at radius 1 is 0.964 bits per heavy atom. The second-order valence-electron chi connectivity index (χ2n) is 6.39. The maximum absolute atomic E-state index is 12.8. The molecule has 1 aliphatic rings. The number of nitrogens with one attached hydrogen (secondary N) is 1. The van der Waals surface area contributed by atoms with Gasteiger partial charge < -0.3 is 24.3 Å². The van der Waals surface area contributed by atoms with Crippen molar-refractivity contribution >= 4 is 11.9 Å². The zero-order valence-corrected chi connectivity index (χ0v) is 16.1. The van der Waals surface area contributed by atoms with Crippen molar-refractivity contribution in [1.29, 1.82) is 0 Å². The Labute approximate surface area is 163 Å². The highest BCUT2D eigenvalue weighted by molar-refractivity contribution is 5.94. The lowest BCUT2D eigenvalue weighted by Crippen LogP contribution is -2.33. The second-order valence-corrected chi connectivity index (χ2v) is 6.39. The van der Waals surface area contributed by atoms with E-state index in [2.05, 4.69) is 5.32 Å². The van der Waals surface area contributed by atoms with Crippen molar-refractivity contribution < 1.29 is 28.5 Å². The SMILES string of the molecule is COc1cc(C(=O)O[C@@H](C(=O)NC2CC2)c2ccccc2)cc(OC)c1OC. The molecule has 1 saturated carbocycles. The molecule has 2 aromatic carbocycles. The van der Waals surface area contributed by atoms with Crippen LogP contribution in [0.2, 0.25) is 0 Å². The Morgan fingerprint density at radius 3 is 2.07 bits per heavy atom. The van der Waals surface area contributed by atoms with Gasteiger partial charge in [0.05, 0.1) is 26.9 Å². The molecular formula is C21H23NO6. The highest BCUT2D eigenvalue weighted by atomic mass is 16.6. The summed E-state index contributed by atoms with van der Waals surface area (Å²) in [5.74, 6) is 0.0150. The van der Waals surface area contributed by atoms with Crippen molar-refractivity contribution in [2.24, 2.45) is 0 Å². The van der Waals surface area contributed by atoms with Gasteiger partial charge >= 0.3 is 5.97 Å². The van der Waals surface area contributed by atoms with Crippen molar-refractivity contribution in [1.82, 2.24) is 5.32 Å². The molecule has 1 aliphatic carbocycles. The van der Waals surface area contributed by atoms with E-state index in [1.165, 1.54) is 33.5 Å². The molecule has 0 bridgehead atoms. The standard InChI is InChI=1S/C21H23NO6/c1-25-16-11-14(12-17(26-2)19(16)27-3)21(24)28-18(13-7-5-4-6-8-13)20(23)22-15-9-10-15/h4-8,11-12,15,18H,9-10H2,1-3H3,(H,22,23)/t18-/m1/s1. The highest BCUT2D eigenvalue weighted by Gasteiger charge is 2.31. The highest BCUT2D eigenvalue weighted by Crippen LogP contribution is 2.38. The first kappa shape index (κ1) is 19.5. The average Bonchev–Trinajstić information content (AvgIpc) is 3.55. The summed E-state index contributed by atoms with van der Waals surface area (Å²) in [7, 11) is 4.40. The fraction of sp³-hybridized carbons (Fsp3) is 0.333. The first-order valence-electron chi connectivity index (χ1n) is 8.93. The number of ether oxygens (including phenoxy) is 4. The van der Waals surface area contributed by atoms with Crippen molar-refractivity contribution in [2.45, 2.75) is 25.0 Å². The largest absolute Gasteiger partial charge is 0.493 e. The number of benzene rings is 2. The molecule has 2 aromatic rings. The molecule has 0 unspecified atom stereocenters. The molecule has 0 spiro atoms. The summed E-state index contributed by atoms with van der Waals surface area (Å²) in [6, 6.07) is 12.0. The third kappa shape index (κ3) is 4.36. The van der Waals surface area contributed by atoms with Gasteiger partial charge in [-0.1, -0.05) is 30.3 Å². The van der Waals surface area contributed by atoms with Crippen LogP contribution in [0.3, 0.4) is 0 Å². The van der Waals surface area contributed by atoms with E-state index < -0.39 is 12.1 Å². The molecule has 0 aromatic heterocycles. The molecule has 7 nitrogen and oxygen atoms in total. The number of carbonyl (C=O) groups is 2. The Hall–Kier alpha value is -3.22. The summed E-state index contributed by atoms with van der Waals surface area (Å²) < 4.78 is 21.4. The minimum Gasteiger partial charge on any atom is -0.493 e. The van der Waals surface area contributed by atoms with Crippen LogP contribution in [0.5, 0.6) is 17.2 Å². The summed E-state index contributed by atoms with van der Waals surface area (Å²) in [5, 5.41) is 2.89. The molecule has 0 heterocycles. The van der Waals surface area contributed by atoms with E-state index in [4.69, 9.17) is 18.9 Å². The van der Waals surface area contributed by atoms with Crippen LogP contribution in [0.1, 0.15) is 34.9 Å². The number of hydrogen-bond acceptors (Lipinski definition) is 6. The van der Waals surface area contributed by atoms with E-state index in [0.29, 0.717) is 22.8 Å². The zero-order chi connectivity index (χ0) is 20.1. The van der Waals surface area contributed by atoms with Crippen LogP contribution in [0.4, 0.5) is 0 Å². The van der Waals surface area contributed by atoms with Crippen LogP contribution in [-0.4, -0.2) is 39.2 Å². The Bertz CT molecular complexity index is 822. The van der Waals surface area contributed by atoms with Crippen molar-refractivity contribution in [2.75, 3.05) is 21.3 Å². The van der Waals surface area contributed by atoms with Gasteiger partial charge in [0, 0.05) is 11.6 Å². The predicted octanol–water partition coefficient (Wildman–Crippen LogP) is 2.89. The first-order valence-corrected chi connectivity index (χ1v) is 8.93. The number of carbonyl (C=O) groups excluding carboxylic acids is 2. The monoisotopic (exact) mass is 385 g/mol. The van der Waals surface area contributed by atoms with Crippen LogP contribution in [0.25, 0.3) is 0 Å². The lowest BCUT2D eigenvalue weighted by molar-refractivity contribution is -0.130. The Kier molecular flexibility index (Phi) is 6.03.